The molecule has 4 nitrogen and oxygen atoms in total. The Hall–Kier alpha value is -2.27. The van der Waals surface area contributed by atoms with Crippen LogP contribution in [0.4, 0.5) is 0 Å². The molecule has 0 amide bonds. The second-order valence-electron chi connectivity index (χ2n) is 4.47. The van der Waals surface area contributed by atoms with E-state index >= 15 is 0 Å². The highest BCUT2D eigenvalue weighted by Gasteiger charge is 2.04. The zero-order valence-electron chi connectivity index (χ0n) is 12.5. The second kappa shape index (κ2) is 8.24. The average Bonchev–Trinajstić information content (AvgIpc) is 2.53. The van der Waals surface area contributed by atoms with E-state index in [9.17, 15) is 0 Å². The van der Waals surface area contributed by atoms with Gasteiger partial charge >= 0.3 is 0 Å². The van der Waals surface area contributed by atoms with Crippen LogP contribution in [-0.4, -0.2) is 24.8 Å². The topological polar surface area (TPSA) is 53.7 Å². The first-order valence-electron chi connectivity index (χ1n) is 7.08. The van der Waals surface area contributed by atoms with Gasteiger partial charge in [0.2, 0.25) is 0 Å². The van der Waals surface area contributed by atoms with E-state index in [1.54, 1.807) is 0 Å². The molecule has 0 heterocycles. The number of hydrogen-bond donors (Lipinski definition) is 1. The van der Waals surface area contributed by atoms with E-state index < -0.39 is 0 Å². The summed E-state index contributed by atoms with van der Waals surface area (Å²) in [6, 6.07) is 15.0. The molecule has 0 aliphatic heterocycles. The molecule has 116 valence electrons. The molecule has 0 aliphatic carbocycles. The number of rotatable bonds is 8. The maximum absolute atomic E-state index is 5.69. The van der Waals surface area contributed by atoms with Gasteiger partial charge in [0.05, 0.1) is 6.61 Å². The summed E-state index contributed by atoms with van der Waals surface area (Å²) < 4.78 is 16.8. The molecule has 0 spiro atoms. The lowest BCUT2D eigenvalue weighted by Crippen LogP contribution is -2.11. The number of hydrogen-bond acceptors (Lipinski definition) is 4. The summed E-state index contributed by atoms with van der Waals surface area (Å²) in [5, 5.41) is 0. The number of para-hydroxylation sites is 2. The Bertz CT molecular complexity index is 631. The molecule has 2 aromatic rings. The van der Waals surface area contributed by atoms with E-state index in [0.717, 1.165) is 11.3 Å². The zero-order valence-corrected chi connectivity index (χ0v) is 13.3. The third-order valence-electron chi connectivity index (χ3n) is 2.88. The predicted octanol–water partition coefficient (Wildman–Crippen LogP) is 3.18. The fraction of sp³-hybridized carbons (Fsp3) is 0.235. The molecule has 0 fully saturated rings. The summed E-state index contributed by atoms with van der Waals surface area (Å²) >= 11 is 4.94. The lowest BCUT2D eigenvalue weighted by atomic mass is 10.2. The van der Waals surface area contributed by atoms with Gasteiger partial charge in [-0.15, -0.1) is 0 Å². The molecule has 0 saturated heterocycles. The number of nitrogens with two attached hydrogens (primary N) is 1. The maximum atomic E-state index is 5.69. The van der Waals surface area contributed by atoms with Crippen LogP contribution in [0.5, 0.6) is 17.2 Å². The minimum absolute atomic E-state index is 0.354. The van der Waals surface area contributed by atoms with Gasteiger partial charge in [-0.05, 0) is 31.2 Å². The number of benzene rings is 2. The van der Waals surface area contributed by atoms with Crippen LogP contribution < -0.4 is 19.9 Å². The largest absolute Gasteiger partial charge is 0.490 e. The van der Waals surface area contributed by atoms with E-state index in [1.807, 2.05) is 55.5 Å². The van der Waals surface area contributed by atoms with Crippen LogP contribution in [0, 0.1) is 0 Å². The fourth-order valence-electron chi connectivity index (χ4n) is 1.89. The summed E-state index contributed by atoms with van der Waals surface area (Å²) in [7, 11) is 0. The summed E-state index contributed by atoms with van der Waals surface area (Å²) in [4.78, 5) is 0.354. The highest BCUT2D eigenvalue weighted by Crippen LogP contribution is 2.26. The van der Waals surface area contributed by atoms with Crippen molar-refractivity contribution in [2.75, 3.05) is 19.8 Å². The third kappa shape index (κ3) is 4.63. The van der Waals surface area contributed by atoms with Crippen LogP contribution in [0.15, 0.2) is 48.5 Å². The first-order valence-corrected chi connectivity index (χ1v) is 7.49. The zero-order chi connectivity index (χ0) is 15.8. The second-order valence-corrected chi connectivity index (χ2v) is 4.91. The van der Waals surface area contributed by atoms with Crippen molar-refractivity contribution in [3.8, 4) is 17.2 Å². The SMILES string of the molecule is CCOc1ccccc1OCCOc1cccc(C(N)=S)c1. The molecule has 5 heteroatoms. The summed E-state index contributed by atoms with van der Waals surface area (Å²) in [6.45, 7) is 3.38. The molecule has 0 bridgehead atoms. The van der Waals surface area contributed by atoms with Crippen LogP contribution in [0.1, 0.15) is 12.5 Å². The Labute approximate surface area is 135 Å². The Morgan fingerprint density at radius 1 is 0.955 bits per heavy atom. The summed E-state index contributed by atoms with van der Waals surface area (Å²) in [6.07, 6.45) is 0. The number of thiocarbonyl (C=S) groups is 1. The molecule has 2 N–H and O–H groups in total. The van der Waals surface area contributed by atoms with Crippen LogP contribution in [0.3, 0.4) is 0 Å². The lowest BCUT2D eigenvalue weighted by molar-refractivity contribution is 0.208. The van der Waals surface area contributed by atoms with Crippen molar-refractivity contribution < 1.29 is 14.2 Å². The highest BCUT2D eigenvalue weighted by molar-refractivity contribution is 7.80. The Balaban J connectivity index is 1.85. The molecule has 2 rings (SSSR count). The smallest absolute Gasteiger partial charge is 0.161 e. The van der Waals surface area contributed by atoms with Gasteiger partial charge in [0.25, 0.3) is 0 Å². The molecule has 0 aliphatic rings. The van der Waals surface area contributed by atoms with Crippen molar-refractivity contribution in [1.82, 2.24) is 0 Å². The molecular formula is C17H19NO3S. The first-order chi connectivity index (χ1) is 10.7. The van der Waals surface area contributed by atoms with Gasteiger partial charge in [0.1, 0.15) is 24.0 Å². The Kier molecular flexibility index (Phi) is 6.03. The van der Waals surface area contributed by atoms with Gasteiger partial charge in [-0.25, -0.2) is 0 Å². The normalized spacial score (nSPS) is 10.0. The fourth-order valence-corrected chi connectivity index (χ4v) is 2.02. The van der Waals surface area contributed by atoms with Crippen molar-refractivity contribution in [3.63, 3.8) is 0 Å². The minimum atomic E-state index is 0.354. The van der Waals surface area contributed by atoms with Crippen LogP contribution >= 0.6 is 12.2 Å². The van der Waals surface area contributed by atoms with E-state index in [4.69, 9.17) is 32.2 Å². The standard InChI is InChI=1S/C17H19NO3S/c1-2-19-15-8-3-4-9-16(15)21-11-10-20-14-7-5-6-13(12-14)17(18)22/h3-9,12H,2,10-11H2,1H3,(H2,18,22). The van der Waals surface area contributed by atoms with Gasteiger partial charge in [-0.1, -0.05) is 36.5 Å². The highest BCUT2D eigenvalue weighted by atomic mass is 32.1. The Morgan fingerprint density at radius 3 is 2.32 bits per heavy atom. The van der Waals surface area contributed by atoms with Gasteiger partial charge in [0, 0.05) is 5.56 Å². The third-order valence-corrected chi connectivity index (χ3v) is 3.11. The molecule has 0 saturated carbocycles. The maximum Gasteiger partial charge on any atom is 0.161 e. The quantitative estimate of drug-likeness (QED) is 0.598. The number of ether oxygens (including phenoxy) is 3. The monoisotopic (exact) mass is 317 g/mol. The van der Waals surface area contributed by atoms with E-state index in [1.165, 1.54) is 0 Å². The van der Waals surface area contributed by atoms with Crippen LogP contribution in [0.2, 0.25) is 0 Å². The van der Waals surface area contributed by atoms with Crippen LogP contribution in [0.25, 0.3) is 0 Å². The average molecular weight is 317 g/mol. The predicted molar refractivity (Wildman–Crippen MR) is 90.9 cm³/mol. The van der Waals surface area contributed by atoms with Gasteiger partial charge in [-0.2, -0.15) is 0 Å². The molecular weight excluding hydrogens is 298 g/mol. The minimum Gasteiger partial charge on any atom is -0.490 e. The van der Waals surface area contributed by atoms with Crippen molar-refractivity contribution in [1.29, 1.82) is 0 Å². The summed E-state index contributed by atoms with van der Waals surface area (Å²) in [5.41, 5.74) is 6.38. The molecule has 2 aromatic carbocycles. The van der Waals surface area contributed by atoms with E-state index in [-0.39, 0.29) is 0 Å². The van der Waals surface area contributed by atoms with Crippen molar-refractivity contribution in [3.05, 3.63) is 54.1 Å². The van der Waals surface area contributed by atoms with E-state index in [2.05, 4.69) is 0 Å². The van der Waals surface area contributed by atoms with Gasteiger partial charge in [-0.3, -0.25) is 0 Å². The molecule has 0 atom stereocenters. The first kappa shape index (κ1) is 16.1. The molecule has 0 unspecified atom stereocenters. The van der Waals surface area contributed by atoms with Crippen molar-refractivity contribution in [2.45, 2.75) is 6.92 Å². The van der Waals surface area contributed by atoms with Crippen molar-refractivity contribution >= 4 is 17.2 Å². The lowest BCUT2D eigenvalue weighted by Gasteiger charge is -2.12. The van der Waals surface area contributed by atoms with Gasteiger partial charge in [0.15, 0.2) is 11.5 Å². The van der Waals surface area contributed by atoms with Crippen molar-refractivity contribution in [2.24, 2.45) is 5.73 Å². The van der Waals surface area contributed by atoms with Crippen LogP contribution in [-0.2, 0) is 0 Å². The van der Waals surface area contributed by atoms with Gasteiger partial charge < -0.3 is 19.9 Å². The summed E-state index contributed by atoms with van der Waals surface area (Å²) in [5.74, 6) is 2.16. The van der Waals surface area contributed by atoms with E-state index in [0.29, 0.717) is 36.3 Å². The molecule has 0 aromatic heterocycles. The molecule has 0 radical (unpaired) electrons. The molecule has 22 heavy (non-hydrogen) atoms. The Morgan fingerprint density at radius 2 is 1.64 bits per heavy atom.